The van der Waals surface area contributed by atoms with Gasteiger partial charge in [0.1, 0.15) is 0 Å². The summed E-state index contributed by atoms with van der Waals surface area (Å²) in [6, 6.07) is 1.77. The van der Waals surface area contributed by atoms with Gasteiger partial charge in [0, 0.05) is 23.5 Å². The summed E-state index contributed by atoms with van der Waals surface area (Å²) in [5, 5.41) is 3.00. The van der Waals surface area contributed by atoms with Crippen LogP contribution in [0.1, 0.15) is 49.4 Å². The number of rotatable bonds is 4. The number of ether oxygens (including phenoxy) is 2. The predicted octanol–water partition coefficient (Wildman–Crippen LogP) is 2.05. The van der Waals surface area contributed by atoms with Crippen LogP contribution < -0.4 is 5.32 Å². The molecule has 0 aromatic carbocycles. The van der Waals surface area contributed by atoms with Crippen LogP contribution in [0, 0.1) is 0 Å². The van der Waals surface area contributed by atoms with Gasteiger partial charge in [-0.2, -0.15) is 0 Å². The van der Waals surface area contributed by atoms with Gasteiger partial charge in [-0.3, -0.25) is 9.78 Å². The molecule has 0 spiro atoms. The van der Waals surface area contributed by atoms with E-state index in [0.29, 0.717) is 18.8 Å². The molecule has 1 aromatic heterocycles. The average Bonchev–Trinajstić information content (AvgIpc) is 2.92. The van der Waals surface area contributed by atoms with Gasteiger partial charge in [-0.05, 0) is 26.3 Å². The number of nitrogens with zero attached hydrogens (tertiary/aromatic N) is 1. The maximum atomic E-state index is 12.3. The third-order valence-electron chi connectivity index (χ3n) is 3.31. The lowest BCUT2D eigenvalue weighted by molar-refractivity contribution is -0.0446. The highest BCUT2D eigenvalue weighted by molar-refractivity contribution is 5.95. The van der Waals surface area contributed by atoms with Crippen molar-refractivity contribution >= 4 is 5.91 Å². The summed E-state index contributed by atoms with van der Waals surface area (Å²) < 4.78 is 10.9. The first kappa shape index (κ1) is 14.0. The zero-order valence-corrected chi connectivity index (χ0v) is 11.6. The highest BCUT2D eigenvalue weighted by Gasteiger charge is 2.26. The van der Waals surface area contributed by atoms with Gasteiger partial charge in [0.15, 0.2) is 6.29 Å². The van der Waals surface area contributed by atoms with Crippen molar-refractivity contribution in [2.45, 2.75) is 39.0 Å². The van der Waals surface area contributed by atoms with Crippen molar-refractivity contribution in [3.8, 4) is 0 Å². The lowest BCUT2D eigenvalue weighted by Gasteiger charge is -2.25. The Labute approximate surface area is 113 Å². The first-order chi connectivity index (χ1) is 9.03. The molecule has 0 unspecified atom stereocenters. The molecule has 2 rings (SSSR count). The number of amides is 1. The van der Waals surface area contributed by atoms with Crippen molar-refractivity contribution in [3.63, 3.8) is 0 Å². The molecule has 1 saturated heterocycles. The lowest BCUT2D eigenvalue weighted by atomic mass is 10.0. The Balaban J connectivity index is 2.21. The summed E-state index contributed by atoms with van der Waals surface area (Å²) in [4.78, 5) is 16.4. The van der Waals surface area contributed by atoms with Crippen molar-refractivity contribution in [1.82, 2.24) is 10.3 Å². The molecule has 1 amide bonds. The smallest absolute Gasteiger partial charge is 0.253 e. The molecular formula is C14H20N2O3. The minimum atomic E-state index is -0.464. The second-order valence-corrected chi connectivity index (χ2v) is 5.23. The Morgan fingerprint density at radius 1 is 1.47 bits per heavy atom. The van der Waals surface area contributed by atoms with Gasteiger partial charge in [0.25, 0.3) is 5.91 Å². The van der Waals surface area contributed by atoms with Gasteiger partial charge >= 0.3 is 0 Å². The third kappa shape index (κ3) is 3.30. The predicted molar refractivity (Wildman–Crippen MR) is 70.7 cm³/mol. The fourth-order valence-corrected chi connectivity index (χ4v) is 1.80. The molecule has 0 radical (unpaired) electrons. The van der Waals surface area contributed by atoms with Crippen LogP contribution in [0.5, 0.6) is 0 Å². The van der Waals surface area contributed by atoms with E-state index >= 15 is 0 Å². The Bertz CT molecular complexity index is 454. The monoisotopic (exact) mass is 264 g/mol. The third-order valence-corrected chi connectivity index (χ3v) is 3.31. The SMILES string of the molecule is CCC(C)(C)NC(=O)c1cnccc1C1OCCO1. The summed E-state index contributed by atoms with van der Waals surface area (Å²) in [6.07, 6.45) is 3.59. The van der Waals surface area contributed by atoms with Gasteiger partial charge in [-0.25, -0.2) is 0 Å². The van der Waals surface area contributed by atoms with E-state index in [-0.39, 0.29) is 11.4 Å². The average molecular weight is 264 g/mol. The van der Waals surface area contributed by atoms with E-state index in [2.05, 4.69) is 10.3 Å². The molecule has 1 N–H and O–H groups in total. The fourth-order valence-electron chi connectivity index (χ4n) is 1.80. The Morgan fingerprint density at radius 3 is 2.79 bits per heavy atom. The zero-order chi connectivity index (χ0) is 13.9. The molecule has 5 nitrogen and oxygen atoms in total. The summed E-state index contributed by atoms with van der Waals surface area (Å²) in [5.41, 5.74) is 0.995. The zero-order valence-electron chi connectivity index (χ0n) is 11.6. The van der Waals surface area contributed by atoms with E-state index in [1.807, 2.05) is 20.8 Å². The molecule has 0 bridgehead atoms. The van der Waals surface area contributed by atoms with E-state index in [4.69, 9.17) is 9.47 Å². The molecule has 1 aromatic rings. The molecule has 2 heterocycles. The standard InChI is InChI=1S/C14H20N2O3/c1-4-14(2,3)16-12(17)11-9-15-6-5-10(11)13-18-7-8-19-13/h5-6,9,13H,4,7-8H2,1-3H3,(H,16,17). The fraction of sp³-hybridized carbons (Fsp3) is 0.571. The normalized spacial score (nSPS) is 16.6. The molecule has 1 aliphatic heterocycles. The van der Waals surface area contributed by atoms with Crippen LogP contribution in [-0.2, 0) is 9.47 Å². The van der Waals surface area contributed by atoms with E-state index in [1.54, 1.807) is 18.5 Å². The minimum Gasteiger partial charge on any atom is -0.347 e. The number of aromatic nitrogens is 1. The molecule has 0 atom stereocenters. The number of hydrogen-bond acceptors (Lipinski definition) is 4. The summed E-state index contributed by atoms with van der Waals surface area (Å²) in [7, 11) is 0. The first-order valence-electron chi connectivity index (χ1n) is 6.53. The topological polar surface area (TPSA) is 60.5 Å². The summed E-state index contributed by atoms with van der Waals surface area (Å²) in [6.45, 7) is 7.11. The van der Waals surface area contributed by atoms with Crippen molar-refractivity contribution < 1.29 is 14.3 Å². The minimum absolute atomic E-state index is 0.144. The van der Waals surface area contributed by atoms with E-state index < -0.39 is 6.29 Å². The van der Waals surface area contributed by atoms with Gasteiger partial charge in [0.2, 0.25) is 0 Å². The van der Waals surface area contributed by atoms with Crippen LogP contribution in [0.4, 0.5) is 0 Å². The molecule has 5 heteroatoms. The second kappa shape index (κ2) is 5.67. The largest absolute Gasteiger partial charge is 0.347 e. The summed E-state index contributed by atoms with van der Waals surface area (Å²) >= 11 is 0. The van der Waals surface area contributed by atoms with E-state index in [9.17, 15) is 4.79 Å². The first-order valence-corrected chi connectivity index (χ1v) is 6.53. The van der Waals surface area contributed by atoms with Gasteiger partial charge in [-0.15, -0.1) is 0 Å². The number of carbonyl (C=O) groups excluding carboxylic acids is 1. The van der Waals surface area contributed by atoms with Crippen LogP contribution in [0.25, 0.3) is 0 Å². The maximum Gasteiger partial charge on any atom is 0.253 e. The van der Waals surface area contributed by atoms with Crippen LogP contribution >= 0.6 is 0 Å². The molecular weight excluding hydrogens is 244 g/mol. The van der Waals surface area contributed by atoms with Crippen LogP contribution in [0.3, 0.4) is 0 Å². The number of carbonyl (C=O) groups is 1. The van der Waals surface area contributed by atoms with Crippen molar-refractivity contribution in [2.24, 2.45) is 0 Å². The van der Waals surface area contributed by atoms with Crippen LogP contribution in [-0.4, -0.2) is 29.6 Å². The Morgan fingerprint density at radius 2 is 2.16 bits per heavy atom. The molecule has 1 aliphatic rings. The quantitative estimate of drug-likeness (QED) is 0.904. The summed E-state index contributed by atoms with van der Waals surface area (Å²) in [5.74, 6) is -0.144. The molecule has 0 saturated carbocycles. The maximum absolute atomic E-state index is 12.3. The van der Waals surface area contributed by atoms with Gasteiger partial charge < -0.3 is 14.8 Å². The van der Waals surface area contributed by atoms with E-state index in [1.165, 1.54) is 0 Å². The van der Waals surface area contributed by atoms with Crippen molar-refractivity contribution in [2.75, 3.05) is 13.2 Å². The van der Waals surface area contributed by atoms with Crippen molar-refractivity contribution in [1.29, 1.82) is 0 Å². The van der Waals surface area contributed by atoms with Crippen LogP contribution in [0.15, 0.2) is 18.5 Å². The molecule has 19 heavy (non-hydrogen) atoms. The highest BCUT2D eigenvalue weighted by Crippen LogP contribution is 2.26. The molecule has 1 fully saturated rings. The van der Waals surface area contributed by atoms with Crippen LogP contribution in [0.2, 0.25) is 0 Å². The number of nitrogens with one attached hydrogen (secondary N) is 1. The van der Waals surface area contributed by atoms with Crippen molar-refractivity contribution in [3.05, 3.63) is 29.6 Å². The molecule has 104 valence electrons. The lowest BCUT2D eigenvalue weighted by Crippen LogP contribution is -2.43. The number of hydrogen-bond donors (Lipinski definition) is 1. The molecule has 0 aliphatic carbocycles. The van der Waals surface area contributed by atoms with Gasteiger partial charge in [0.05, 0.1) is 18.8 Å². The second-order valence-electron chi connectivity index (χ2n) is 5.23. The number of pyridine rings is 1. The highest BCUT2D eigenvalue weighted by atomic mass is 16.7. The Hall–Kier alpha value is -1.46. The van der Waals surface area contributed by atoms with Gasteiger partial charge in [-0.1, -0.05) is 6.92 Å². The van der Waals surface area contributed by atoms with E-state index in [0.717, 1.165) is 12.0 Å². The Kier molecular flexibility index (Phi) is 4.17.